The van der Waals surface area contributed by atoms with Crippen LogP contribution in [0.3, 0.4) is 0 Å². The fourth-order valence-corrected chi connectivity index (χ4v) is 1.95. The average molecular weight is 264 g/mol. The zero-order chi connectivity index (χ0) is 13.9. The molecule has 19 heavy (non-hydrogen) atoms. The summed E-state index contributed by atoms with van der Waals surface area (Å²) in [4.78, 5) is 4.40. The minimum Gasteiger partial charge on any atom is -0.492 e. The van der Waals surface area contributed by atoms with Crippen LogP contribution in [0.5, 0.6) is 5.75 Å². The molecule has 0 bridgehead atoms. The minimum atomic E-state index is 0.285. The van der Waals surface area contributed by atoms with Gasteiger partial charge in [-0.3, -0.25) is 4.98 Å². The Morgan fingerprint density at radius 2 is 1.89 bits per heavy atom. The first kappa shape index (κ1) is 16.0. The molecule has 0 fully saturated rings. The molecule has 1 aromatic heterocycles. The molecule has 0 aliphatic rings. The molecule has 0 aromatic carbocycles. The number of rotatable bonds is 10. The Labute approximate surface area is 117 Å². The van der Waals surface area contributed by atoms with Gasteiger partial charge in [-0.25, -0.2) is 0 Å². The highest BCUT2D eigenvalue weighted by atomic mass is 16.5. The molecule has 1 unspecified atom stereocenters. The Morgan fingerprint density at radius 1 is 1.16 bits per heavy atom. The third kappa shape index (κ3) is 6.58. The van der Waals surface area contributed by atoms with E-state index in [2.05, 4.69) is 24.1 Å². The van der Waals surface area contributed by atoms with Gasteiger partial charge in [-0.15, -0.1) is 0 Å². The smallest absolute Gasteiger partial charge is 0.137 e. The van der Waals surface area contributed by atoms with Crippen molar-refractivity contribution in [3.05, 3.63) is 24.0 Å². The van der Waals surface area contributed by atoms with Gasteiger partial charge in [0.2, 0.25) is 0 Å². The average Bonchev–Trinajstić information content (AvgIpc) is 2.46. The molecule has 0 radical (unpaired) electrons. The molecule has 108 valence electrons. The van der Waals surface area contributed by atoms with Crippen LogP contribution in [0.2, 0.25) is 0 Å². The Bertz CT molecular complexity index is 324. The maximum absolute atomic E-state index is 5.70. The van der Waals surface area contributed by atoms with Crippen LogP contribution in [0.4, 0.5) is 0 Å². The SMILES string of the molecule is CCCCCCCCOc1ccc(C(C)NC)nc1. The van der Waals surface area contributed by atoms with Crippen molar-refractivity contribution in [3.63, 3.8) is 0 Å². The molecule has 0 amide bonds. The molecule has 3 heteroatoms. The first-order valence-corrected chi connectivity index (χ1v) is 7.54. The van der Waals surface area contributed by atoms with Crippen molar-refractivity contribution in [1.29, 1.82) is 0 Å². The number of unbranched alkanes of at least 4 members (excludes halogenated alkanes) is 5. The summed E-state index contributed by atoms with van der Waals surface area (Å²) >= 11 is 0. The fraction of sp³-hybridized carbons (Fsp3) is 0.688. The number of hydrogen-bond acceptors (Lipinski definition) is 3. The van der Waals surface area contributed by atoms with Crippen molar-refractivity contribution in [2.24, 2.45) is 0 Å². The zero-order valence-corrected chi connectivity index (χ0v) is 12.6. The van der Waals surface area contributed by atoms with E-state index in [1.165, 1.54) is 32.1 Å². The second-order valence-corrected chi connectivity index (χ2v) is 5.05. The normalized spacial score (nSPS) is 12.4. The summed E-state index contributed by atoms with van der Waals surface area (Å²) < 4.78 is 5.70. The minimum absolute atomic E-state index is 0.285. The van der Waals surface area contributed by atoms with Crippen LogP contribution >= 0.6 is 0 Å². The molecule has 0 spiro atoms. The van der Waals surface area contributed by atoms with Crippen LogP contribution in [-0.2, 0) is 0 Å². The van der Waals surface area contributed by atoms with Gasteiger partial charge < -0.3 is 10.1 Å². The molecule has 1 heterocycles. The van der Waals surface area contributed by atoms with E-state index < -0.39 is 0 Å². The maximum Gasteiger partial charge on any atom is 0.137 e. The van der Waals surface area contributed by atoms with E-state index >= 15 is 0 Å². The number of ether oxygens (including phenoxy) is 1. The predicted molar refractivity (Wildman–Crippen MR) is 80.6 cm³/mol. The van der Waals surface area contributed by atoms with Crippen LogP contribution in [0.15, 0.2) is 18.3 Å². The van der Waals surface area contributed by atoms with Crippen molar-refractivity contribution < 1.29 is 4.74 Å². The summed E-state index contributed by atoms with van der Waals surface area (Å²) in [6.07, 6.45) is 9.57. The summed E-state index contributed by atoms with van der Waals surface area (Å²) in [7, 11) is 1.94. The van der Waals surface area contributed by atoms with Crippen LogP contribution in [0, 0.1) is 0 Å². The summed E-state index contributed by atoms with van der Waals surface area (Å²) in [5, 5.41) is 3.17. The summed E-state index contributed by atoms with van der Waals surface area (Å²) in [6.45, 7) is 5.14. The lowest BCUT2D eigenvalue weighted by Gasteiger charge is -2.10. The Balaban J connectivity index is 2.16. The van der Waals surface area contributed by atoms with E-state index in [-0.39, 0.29) is 6.04 Å². The molecule has 0 aliphatic carbocycles. The molecule has 3 nitrogen and oxygen atoms in total. The van der Waals surface area contributed by atoms with E-state index in [1.807, 2.05) is 25.4 Å². The second-order valence-electron chi connectivity index (χ2n) is 5.05. The Hall–Kier alpha value is -1.09. The molecule has 0 aliphatic heterocycles. The first-order chi connectivity index (χ1) is 9.27. The lowest BCUT2D eigenvalue weighted by atomic mass is 10.1. The number of hydrogen-bond donors (Lipinski definition) is 1. The van der Waals surface area contributed by atoms with E-state index in [4.69, 9.17) is 4.74 Å². The topological polar surface area (TPSA) is 34.1 Å². The molecule has 0 saturated heterocycles. The highest BCUT2D eigenvalue weighted by Crippen LogP contribution is 2.14. The summed E-state index contributed by atoms with van der Waals surface area (Å²) in [6, 6.07) is 4.32. The third-order valence-corrected chi connectivity index (χ3v) is 3.40. The van der Waals surface area contributed by atoms with Crippen molar-refractivity contribution in [2.45, 2.75) is 58.4 Å². The molecule has 1 aromatic rings. The third-order valence-electron chi connectivity index (χ3n) is 3.40. The number of nitrogens with zero attached hydrogens (tertiary/aromatic N) is 1. The summed E-state index contributed by atoms with van der Waals surface area (Å²) in [5.74, 6) is 0.876. The van der Waals surface area contributed by atoms with Crippen molar-refractivity contribution in [2.75, 3.05) is 13.7 Å². The second kappa shape index (κ2) is 9.79. The summed E-state index contributed by atoms with van der Waals surface area (Å²) in [5.41, 5.74) is 1.05. The molecular weight excluding hydrogens is 236 g/mol. The van der Waals surface area contributed by atoms with Gasteiger partial charge in [0.25, 0.3) is 0 Å². The largest absolute Gasteiger partial charge is 0.492 e. The van der Waals surface area contributed by atoms with Gasteiger partial charge in [-0.2, -0.15) is 0 Å². The molecular formula is C16H28N2O. The zero-order valence-electron chi connectivity index (χ0n) is 12.6. The van der Waals surface area contributed by atoms with Crippen LogP contribution in [0.25, 0.3) is 0 Å². The van der Waals surface area contributed by atoms with Gasteiger partial charge >= 0.3 is 0 Å². The quantitative estimate of drug-likeness (QED) is 0.646. The first-order valence-electron chi connectivity index (χ1n) is 7.54. The van der Waals surface area contributed by atoms with Gasteiger partial charge in [-0.05, 0) is 32.5 Å². The van der Waals surface area contributed by atoms with Crippen molar-refractivity contribution in [3.8, 4) is 5.75 Å². The number of aromatic nitrogens is 1. The van der Waals surface area contributed by atoms with Crippen LogP contribution < -0.4 is 10.1 Å². The molecule has 1 atom stereocenters. The van der Waals surface area contributed by atoms with Crippen molar-refractivity contribution in [1.82, 2.24) is 10.3 Å². The Morgan fingerprint density at radius 3 is 2.53 bits per heavy atom. The van der Waals surface area contributed by atoms with Crippen LogP contribution in [-0.4, -0.2) is 18.6 Å². The lowest BCUT2D eigenvalue weighted by molar-refractivity contribution is 0.303. The number of pyridine rings is 1. The molecule has 0 saturated carbocycles. The van der Waals surface area contributed by atoms with Gasteiger partial charge in [0, 0.05) is 6.04 Å². The Kier molecular flexibility index (Phi) is 8.23. The van der Waals surface area contributed by atoms with Crippen molar-refractivity contribution >= 4 is 0 Å². The van der Waals surface area contributed by atoms with Crippen LogP contribution in [0.1, 0.15) is 64.1 Å². The highest BCUT2D eigenvalue weighted by molar-refractivity contribution is 5.21. The van der Waals surface area contributed by atoms with E-state index in [0.717, 1.165) is 24.5 Å². The number of nitrogens with one attached hydrogen (secondary N) is 1. The predicted octanol–water partition coefficient (Wildman–Crippen LogP) is 4.10. The molecule has 1 N–H and O–H groups in total. The van der Waals surface area contributed by atoms with Gasteiger partial charge in [-0.1, -0.05) is 39.0 Å². The monoisotopic (exact) mass is 264 g/mol. The van der Waals surface area contributed by atoms with E-state index in [0.29, 0.717) is 0 Å². The van der Waals surface area contributed by atoms with E-state index in [1.54, 1.807) is 0 Å². The van der Waals surface area contributed by atoms with Gasteiger partial charge in [0.15, 0.2) is 0 Å². The lowest BCUT2D eigenvalue weighted by Crippen LogP contribution is -2.13. The highest BCUT2D eigenvalue weighted by Gasteiger charge is 2.03. The van der Waals surface area contributed by atoms with E-state index in [9.17, 15) is 0 Å². The van der Waals surface area contributed by atoms with Gasteiger partial charge in [0.1, 0.15) is 5.75 Å². The standard InChI is InChI=1S/C16H28N2O/c1-4-5-6-7-8-9-12-19-15-10-11-16(18-13-15)14(2)17-3/h10-11,13-14,17H,4-9,12H2,1-3H3. The maximum atomic E-state index is 5.70. The molecule has 1 rings (SSSR count). The fourth-order valence-electron chi connectivity index (χ4n) is 1.95. The van der Waals surface area contributed by atoms with Gasteiger partial charge in [0.05, 0.1) is 18.5 Å².